The first-order chi connectivity index (χ1) is 14.3. The highest BCUT2D eigenvalue weighted by Crippen LogP contribution is 2.30. The third-order valence-electron chi connectivity index (χ3n) is 5.09. The van der Waals surface area contributed by atoms with Crippen LogP contribution in [0.2, 0.25) is 0 Å². The van der Waals surface area contributed by atoms with Gasteiger partial charge in [-0.05, 0) is 36.6 Å². The summed E-state index contributed by atoms with van der Waals surface area (Å²) in [6.45, 7) is 2.24. The van der Waals surface area contributed by atoms with Crippen LogP contribution < -0.4 is 11.1 Å². The third kappa shape index (κ3) is 4.27. The number of hydrogen-bond acceptors (Lipinski definition) is 5. The molecule has 0 aliphatic carbocycles. The van der Waals surface area contributed by atoms with Gasteiger partial charge in [-0.1, -0.05) is 56.9 Å². The molecule has 4 rings (SSSR count). The topological polar surface area (TPSA) is 60.1 Å². The van der Waals surface area contributed by atoms with Gasteiger partial charge >= 0.3 is 5.76 Å². The Bertz CT molecular complexity index is 1130. The molecule has 150 valence electrons. The van der Waals surface area contributed by atoms with Crippen molar-refractivity contribution in [2.24, 2.45) is 0 Å². The molecule has 0 unspecified atom stereocenters. The van der Waals surface area contributed by atoms with Crippen LogP contribution in [0.25, 0.3) is 16.9 Å². The summed E-state index contributed by atoms with van der Waals surface area (Å²) in [5.74, 6) is 0.154. The maximum absolute atomic E-state index is 12.5. The molecule has 0 amide bonds. The summed E-state index contributed by atoms with van der Waals surface area (Å²) in [6.07, 6.45) is 7.32. The van der Waals surface area contributed by atoms with Gasteiger partial charge < -0.3 is 9.73 Å². The normalized spacial score (nSPS) is 11.2. The van der Waals surface area contributed by atoms with E-state index in [-0.39, 0.29) is 0 Å². The van der Waals surface area contributed by atoms with E-state index in [2.05, 4.69) is 35.4 Å². The molecule has 0 spiro atoms. The Hall–Kier alpha value is -2.86. The van der Waals surface area contributed by atoms with Gasteiger partial charge in [0.1, 0.15) is 5.52 Å². The van der Waals surface area contributed by atoms with Gasteiger partial charge in [0.15, 0.2) is 11.4 Å². The number of aryl methyl sites for hydroxylation is 1. The zero-order chi connectivity index (χ0) is 20.1. The molecular formula is C23H25N3O2S. The molecular weight excluding hydrogens is 382 g/mol. The molecule has 2 aromatic carbocycles. The molecule has 0 bridgehead atoms. The summed E-state index contributed by atoms with van der Waals surface area (Å²) in [6, 6.07) is 14.0. The minimum Gasteiger partial charge on any atom is -0.407 e. The minimum atomic E-state index is -0.427. The SMILES string of the molecule is CCCCCCCc1ccccc1Nc1cccc2oc(=O)n(-c3cscn3)c12. The highest BCUT2D eigenvalue weighted by molar-refractivity contribution is 7.07. The van der Waals surface area contributed by atoms with Crippen LogP contribution in [0, 0.1) is 0 Å². The fourth-order valence-electron chi connectivity index (χ4n) is 3.62. The van der Waals surface area contributed by atoms with Gasteiger partial charge in [0, 0.05) is 11.1 Å². The molecule has 2 heterocycles. The highest BCUT2D eigenvalue weighted by atomic mass is 32.1. The second kappa shape index (κ2) is 9.09. The number of unbranched alkanes of at least 4 members (excludes halogenated alkanes) is 4. The quantitative estimate of drug-likeness (QED) is 0.331. The van der Waals surface area contributed by atoms with Crippen molar-refractivity contribution >= 4 is 33.8 Å². The molecule has 0 fully saturated rings. The predicted molar refractivity (Wildman–Crippen MR) is 120 cm³/mol. The lowest BCUT2D eigenvalue weighted by atomic mass is 10.0. The molecule has 0 saturated heterocycles. The average Bonchev–Trinajstić information content (AvgIpc) is 3.36. The average molecular weight is 408 g/mol. The second-order valence-electron chi connectivity index (χ2n) is 7.15. The molecule has 1 N–H and O–H groups in total. The molecule has 2 aromatic heterocycles. The van der Waals surface area contributed by atoms with Crippen LogP contribution in [0.5, 0.6) is 0 Å². The van der Waals surface area contributed by atoms with Crippen LogP contribution in [0.4, 0.5) is 11.4 Å². The van der Waals surface area contributed by atoms with E-state index in [1.807, 2.05) is 29.6 Å². The number of fused-ring (bicyclic) bond motifs is 1. The van der Waals surface area contributed by atoms with E-state index in [1.54, 1.807) is 5.51 Å². The Labute approximate surface area is 174 Å². The highest BCUT2D eigenvalue weighted by Gasteiger charge is 2.16. The van der Waals surface area contributed by atoms with Crippen molar-refractivity contribution in [2.45, 2.75) is 45.4 Å². The van der Waals surface area contributed by atoms with E-state index in [0.717, 1.165) is 17.8 Å². The first-order valence-corrected chi connectivity index (χ1v) is 11.1. The van der Waals surface area contributed by atoms with Crippen molar-refractivity contribution in [2.75, 3.05) is 5.32 Å². The molecule has 0 saturated carbocycles. The number of nitrogens with one attached hydrogen (secondary N) is 1. The standard InChI is InChI=1S/C23H25N3O2S/c1-2-3-4-5-6-10-17-11-7-8-12-18(17)25-19-13-9-14-20-22(19)26(23(27)28-20)21-15-29-16-24-21/h7-9,11-16,25H,2-6,10H2,1H3. The van der Waals surface area contributed by atoms with Gasteiger partial charge in [0.05, 0.1) is 11.2 Å². The van der Waals surface area contributed by atoms with Crippen LogP contribution in [0.3, 0.4) is 0 Å². The van der Waals surface area contributed by atoms with Crippen LogP contribution in [-0.2, 0) is 6.42 Å². The molecule has 0 aliphatic heterocycles. The fraction of sp³-hybridized carbons (Fsp3) is 0.304. The number of para-hydroxylation sites is 2. The van der Waals surface area contributed by atoms with Crippen LogP contribution >= 0.6 is 11.3 Å². The van der Waals surface area contributed by atoms with E-state index < -0.39 is 5.76 Å². The predicted octanol–water partition coefficient (Wildman–Crippen LogP) is 6.30. The van der Waals surface area contributed by atoms with E-state index in [0.29, 0.717) is 16.9 Å². The van der Waals surface area contributed by atoms with Crippen LogP contribution in [0.15, 0.2) is 62.6 Å². The van der Waals surface area contributed by atoms with Crippen LogP contribution in [-0.4, -0.2) is 9.55 Å². The van der Waals surface area contributed by atoms with Crippen molar-refractivity contribution < 1.29 is 4.42 Å². The second-order valence-corrected chi connectivity index (χ2v) is 7.87. The summed E-state index contributed by atoms with van der Waals surface area (Å²) in [4.78, 5) is 16.8. The number of benzene rings is 2. The van der Waals surface area contributed by atoms with E-state index in [1.165, 1.54) is 53.6 Å². The van der Waals surface area contributed by atoms with Crippen LogP contribution in [0.1, 0.15) is 44.6 Å². The molecule has 29 heavy (non-hydrogen) atoms. The summed E-state index contributed by atoms with van der Waals surface area (Å²) in [5, 5.41) is 5.38. The molecule has 4 aromatic rings. The van der Waals surface area contributed by atoms with Crippen molar-refractivity contribution in [3.8, 4) is 5.82 Å². The lowest BCUT2D eigenvalue weighted by Crippen LogP contribution is -2.12. The Morgan fingerprint density at radius 1 is 1.03 bits per heavy atom. The number of aromatic nitrogens is 2. The largest absolute Gasteiger partial charge is 0.425 e. The lowest BCUT2D eigenvalue weighted by Gasteiger charge is -2.13. The number of oxazole rings is 1. The summed E-state index contributed by atoms with van der Waals surface area (Å²) in [5.41, 5.74) is 6.15. The molecule has 6 heteroatoms. The van der Waals surface area contributed by atoms with Crippen molar-refractivity contribution in [3.63, 3.8) is 0 Å². The van der Waals surface area contributed by atoms with Gasteiger partial charge in [0.25, 0.3) is 0 Å². The summed E-state index contributed by atoms with van der Waals surface area (Å²) >= 11 is 1.45. The number of anilines is 2. The zero-order valence-electron chi connectivity index (χ0n) is 16.6. The summed E-state index contributed by atoms with van der Waals surface area (Å²) in [7, 11) is 0. The molecule has 0 aliphatic rings. The Kier molecular flexibility index (Phi) is 6.10. The van der Waals surface area contributed by atoms with E-state index in [4.69, 9.17) is 4.42 Å². The monoisotopic (exact) mass is 407 g/mol. The molecule has 5 nitrogen and oxygen atoms in total. The maximum atomic E-state index is 12.5. The van der Waals surface area contributed by atoms with Crippen molar-refractivity contribution in [1.82, 2.24) is 9.55 Å². The lowest BCUT2D eigenvalue weighted by molar-refractivity contribution is 0.539. The number of thiazole rings is 1. The van der Waals surface area contributed by atoms with Gasteiger partial charge in [-0.25, -0.2) is 14.3 Å². The van der Waals surface area contributed by atoms with Gasteiger partial charge in [-0.3, -0.25) is 0 Å². The number of hydrogen-bond donors (Lipinski definition) is 1. The minimum absolute atomic E-state index is 0.427. The van der Waals surface area contributed by atoms with Gasteiger partial charge in [-0.15, -0.1) is 11.3 Å². The third-order valence-corrected chi connectivity index (χ3v) is 5.66. The maximum Gasteiger partial charge on any atom is 0.425 e. The molecule has 0 atom stereocenters. The Morgan fingerprint density at radius 2 is 1.86 bits per heavy atom. The van der Waals surface area contributed by atoms with Gasteiger partial charge in [-0.2, -0.15) is 0 Å². The van der Waals surface area contributed by atoms with E-state index >= 15 is 0 Å². The summed E-state index contributed by atoms with van der Waals surface area (Å²) < 4.78 is 7.00. The first kappa shape index (κ1) is 19.5. The fourth-order valence-corrected chi connectivity index (χ4v) is 4.13. The Balaban J connectivity index is 1.65. The number of rotatable bonds is 9. The van der Waals surface area contributed by atoms with E-state index in [9.17, 15) is 4.79 Å². The first-order valence-electron chi connectivity index (χ1n) is 10.2. The van der Waals surface area contributed by atoms with Crippen molar-refractivity contribution in [1.29, 1.82) is 0 Å². The molecule has 0 radical (unpaired) electrons. The van der Waals surface area contributed by atoms with Gasteiger partial charge in [0.2, 0.25) is 0 Å². The zero-order valence-corrected chi connectivity index (χ0v) is 17.4. The van der Waals surface area contributed by atoms with Crippen molar-refractivity contribution in [3.05, 3.63) is 69.5 Å². The number of nitrogens with zero attached hydrogens (tertiary/aromatic N) is 2. The smallest absolute Gasteiger partial charge is 0.407 e. The Morgan fingerprint density at radius 3 is 2.69 bits per heavy atom.